The highest BCUT2D eigenvalue weighted by Crippen LogP contribution is 2.29. The lowest BCUT2D eigenvalue weighted by Crippen LogP contribution is -2.46. The summed E-state index contributed by atoms with van der Waals surface area (Å²) >= 11 is 6.46. The molecule has 4 aromatic rings. The first-order valence-corrected chi connectivity index (χ1v) is 11.2. The third kappa shape index (κ3) is 4.88. The molecule has 0 bridgehead atoms. The zero-order chi connectivity index (χ0) is 23.7. The minimum absolute atomic E-state index is 0. The Balaban J connectivity index is 0.00000289. The van der Waals surface area contributed by atoms with Gasteiger partial charge in [-0.1, -0.05) is 11.6 Å². The smallest absolute Gasteiger partial charge is 0.255 e. The van der Waals surface area contributed by atoms with Crippen molar-refractivity contribution in [2.45, 2.75) is 0 Å². The van der Waals surface area contributed by atoms with Crippen LogP contribution in [0.2, 0.25) is 5.02 Å². The first kappa shape index (κ1) is 24.7. The largest absolute Gasteiger partial charge is 0.494 e. The molecule has 1 aliphatic rings. The Labute approximate surface area is 212 Å². The molecule has 0 unspecified atom stereocenters. The molecule has 0 atom stereocenters. The van der Waals surface area contributed by atoms with Crippen LogP contribution in [0.5, 0.6) is 5.75 Å². The van der Waals surface area contributed by atoms with E-state index in [-0.39, 0.29) is 24.1 Å². The molecule has 35 heavy (non-hydrogen) atoms. The Hall–Kier alpha value is -3.40. The molecule has 182 valence electrons. The van der Waals surface area contributed by atoms with E-state index in [1.807, 2.05) is 4.40 Å². The van der Waals surface area contributed by atoms with Gasteiger partial charge in [-0.05, 0) is 36.4 Å². The van der Waals surface area contributed by atoms with E-state index in [0.717, 1.165) is 13.1 Å². The van der Waals surface area contributed by atoms with Gasteiger partial charge in [-0.15, -0.1) is 12.4 Å². The number of imidazole rings is 1. The number of nitrogens with one attached hydrogen (secondary N) is 2. The van der Waals surface area contributed by atoms with Crippen LogP contribution in [0, 0.1) is 5.82 Å². The van der Waals surface area contributed by atoms with E-state index < -0.39 is 5.82 Å². The van der Waals surface area contributed by atoms with E-state index in [9.17, 15) is 9.18 Å². The van der Waals surface area contributed by atoms with E-state index in [2.05, 4.69) is 20.6 Å². The van der Waals surface area contributed by atoms with Gasteiger partial charge >= 0.3 is 0 Å². The molecule has 2 aromatic carbocycles. The molecular weight excluding hydrogens is 494 g/mol. The molecule has 1 fully saturated rings. The van der Waals surface area contributed by atoms with Crippen LogP contribution in [0.15, 0.2) is 55.0 Å². The second kappa shape index (κ2) is 10.5. The molecule has 0 radical (unpaired) electrons. The number of ether oxygens (including phenoxy) is 1. The number of methoxy groups -OCH3 is 1. The molecule has 5 rings (SSSR count). The number of benzene rings is 2. The lowest BCUT2D eigenvalue weighted by Gasteiger charge is -2.27. The summed E-state index contributed by atoms with van der Waals surface area (Å²) < 4.78 is 21.1. The Morgan fingerprint density at radius 3 is 2.69 bits per heavy atom. The highest BCUT2D eigenvalue weighted by Gasteiger charge is 2.20. The summed E-state index contributed by atoms with van der Waals surface area (Å²) in [6, 6.07) is 9.96. The van der Waals surface area contributed by atoms with Gasteiger partial charge in [0.05, 0.1) is 29.6 Å². The van der Waals surface area contributed by atoms with Gasteiger partial charge in [-0.25, -0.2) is 14.4 Å². The zero-order valence-electron chi connectivity index (χ0n) is 18.8. The fourth-order valence-electron chi connectivity index (χ4n) is 3.99. The number of nitrogens with zero attached hydrogens (tertiary/aromatic N) is 4. The number of fused-ring (bicyclic) bond motifs is 1. The molecule has 0 spiro atoms. The normalized spacial score (nSPS) is 13.4. The van der Waals surface area contributed by atoms with Crippen LogP contribution in [-0.4, -0.2) is 58.5 Å². The Kier molecular flexibility index (Phi) is 7.39. The number of amides is 1. The summed E-state index contributed by atoms with van der Waals surface area (Å²) in [5, 5.41) is 6.81. The van der Waals surface area contributed by atoms with Crippen molar-refractivity contribution in [1.29, 1.82) is 0 Å². The van der Waals surface area contributed by atoms with Crippen molar-refractivity contribution in [3.05, 3.63) is 71.4 Å². The number of carbonyl (C=O) groups is 1. The molecule has 11 heteroatoms. The van der Waals surface area contributed by atoms with Crippen molar-refractivity contribution < 1.29 is 13.9 Å². The monoisotopic (exact) mass is 516 g/mol. The number of anilines is 2. The van der Waals surface area contributed by atoms with Gasteiger partial charge in [0.15, 0.2) is 23.0 Å². The molecule has 1 saturated heterocycles. The van der Waals surface area contributed by atoms with Crippen LogP contribution in [0.25, 0.3) is 16.9 Å². The maximum absolute atomic E-state index is 14.2. The average molecular weight is 517 g/mol. The fraction of sp³-hybridized carbons (Fsp3) is 0.208. The lowest BCUT2D eigenvalue weighted by atomic mass is 10.1. The van der Waals surface area contributed by atoms with Gasteiger partial charge < -0.3 is 20.3 Å². The maximum Gasteiger partial charge on any atom is 0.255 e. The van der Waals surface area contributed by atoms with Gasteiger partial charge in [-0.3, -0.25) is 9.20 Å². The van der Waals surface area contributed by atoms with Crippen molar-refractivity contribution in [3.8, 4) is 17.0 Å². The Bertz CT molecular complexity index is 1370. The predicted molar refractivity (Wildman–Crippen MR) is 136 cm³/mol. The first-order valence-electron chi connectivity index (χ1n) is 10.8. The first-order chi connectivity index (χ1) is 16.5. The van der Waals surface area contributed by atoms with Crippen molar-refractivity contribution in [2.24, 2.45) is 0 Å². The van der Waals surface area contributed by atoms with E-state index in [0.29, 0.717) is 52.1 Å². The van der Waals surface area contributed by atoms with Gasteiger partial charge in [-0.2, -0.15) is 0 Å². The number of halogens is 3. The van der Waals surface area contributed by atoms with Crippen molar-refractivity contribution in [1.82, 2.24) is 24.6 Å². The molecule has 3 heterocycles. The highest BCUT2D eigenvalue weighted by atomic mass is 35.5. The second-order valence-corrected chi connectivity index (χ2v) is 8.23. The molecule has 0 aliphatic carbocycles. The molecule has 2 aromatic heterocycles. The number of hydrogen-bond donors (Lipinski definition) is 2. The minimum Gasteiger partial charge on any atom is -0.494 e. The zero-order valence-corrected chi connectivity index (χ0v) is 20.4. The molecule has 8 nitrogen and oxygen atoms in total. The number of aromatic nitrogens is 3. The standard InChI is InChI=1S/C24H22ClFN6O2.ClH/c1-34-21-5-2-15(12-19(21)26)20-14-29-23-22(28-8-11-32(20)23)30-16-3-4-17(18(25)13-16)24(33)31-9-6-27-7-10-31;/h2-5,8,11-14,27H,6-7,9-10H2,1H3,(H,28,30);1H. The van der Waals surface area contributed by atoms with Crippen molar-refractivity contribution >= 4 is 47.1 Å². The fourth-order valence-corrected chi connectivity index (χ4v) is 4.25. The predicted octanol–water partition coefficient (Wildman–Crippen LogP) is 4.41. The van der Waals surface area contributed by atoms with Gasteiger partial charge in [0.2, 0.25) is 0 Å². The topological polar surface area (TPSA) is 83.8 Å². The molecule has 2 N–H and O–H groups in total. The maximum atomic E-state index is 14.2. The van der Waals surface area contributed by atoms with E-state index in [4.69, 9.17) is 16.3 Å². The summed E-state index contributed by atoms with van der Waals surface area (Å²) in [6.45, 7) is 2.85. The SMILES string of the molecule is COc1ccc(-c2cnc3c(Nc4ccc(C(=O)N5CCNCC5)c(Cl)c4)nccn23)cc1F.Cl. The summed E-state index contributed by atoms with van der Waals surface area (Å²) in [6.07, 6.45) is 5.04. The van der Waals surface area contributed by atoms with Gasteiger partial charge in [0, 0.05) is 49.8 Å². The van der Waals surface area contributed by atoms with Crippen LogP contribution >= 0.6 is 24.0 Å². The summed E-state index contributed by atoms with van der Waals surface area (Å²) in [7, 11) is 1.43. The summed E-state index contributed by atoms with van der Waals surface area (Å²) in [4.78, 5) is 23.5. The molecule has 1 amide bonds. The van der Waals surface area contributed by atoms with Crippen LogP contribution < -0.4 is 15.4 Å². The molecular formula is C24H23Cl2FN6O2. The van der Waals surface area contributed by atoms with E-state index in [1.165, 1.54) is 13.2 Å². The van der Waals surface area contributed by atoms with E-state index in [1.54, 1.807) is 53.8 Å². The molecule has 0 saturated carbocycles. The number of rotatable bonds is 5. The highest BCUT2D eigenvalue weighted by molar-refractivity contribution is 6.34. The quantitative estimate of drug-likeness (QED) is 0.408. The van der Waals surface area contributed by atoms with Crippen LogP contribution in [0.4, 0.5) is 15.9 Å². The number of piperazine rings is 1. The van der Waals surface area contributed by atoms with Crippen LogP contribution in [0.3, 0.4) is 0 Å². The van der Waals surface area contributed by atoms with Gasteiger partial charge in [0.25, 0.3) is 5.91 Å². The molecule has 1 aliphatic heterocycles. The number of hydrogen-bond acceptors (Lipinski definition) is 6. The van der Waals surface area contributed by atoms with Crippen molar-refractivity contribution in [3.63, 3.8) is 0 Å². The third-order valence-electron chi connectivity index (χ3n) is 5.74. The van der Waals surface area contributed by atoms with E-state index >= 15 is 0 Å². The lowest BCUT2D eigenvalue weighted by molar-refractivity contribution is 0.0736. The average Bonchev–Trinajstić information content (AvgIpc) is 3.29. The number of carbonyl (C=O) groups excluding carboxylic acids is 1. The third-order valence-corrected chi connectivity index (χ3v) is 6.05. The minimum atomic E-state index is -0.451. The summed E-state index contributed by atoms with van der Waals surface area (Å²) in [5.74, 6) is 0.146. The summed E-state index contributed by atoms with van der Waals surface area (Å²) in [5.41, 5.74) is 3.05. The van der Waals surface area contributed by atoms with Gasteiger partial charge in [0.1, 0.15) is 0 Å². The Morgan fingerprint density at radius 1 is 1.17 bits per heavy atom. The van der Waals surface area contributed by atoms with Crippen LogP contribution in [-0.2, 0) is 0 Å². The van der Waals surface area contributed by atoms with Crippen molar-refractivity contribution in [2.75, 3.05) is 38.6 Å². The van der Waals surface area contributed by atoms with Crippen LogP contribution in [0.1, 0.15) is 10.4 Å². The second-order valence-electron chi connectivity index (χ2n) is 7.82. The Morgan fingerprint density at radius 2 is 1.97 bits per heavy atom.